The monoisotopic (exact) mass is 234 g/mol. The van der Waals surface area contributed by atoms with Gasteiger partial charge in [-0.3, -0.25) is 9.69 Å². The third kappa shape index (κ3) is 1.86. The Balaban J connectivity index is 1.73. The van der Waals surface area contributed by atoms with Crippen LogP contribution in [0, 0.1) is 6.92 Å². The number of furan rings is 1. The predicted molar refractivity (Wildman–Crippen MR) is 63.9 cm³/mol. The summed E-state index contributed by atoms with van der Waals surface area (Å²) in [5.41, 5.74) is 0.719. The van der Waals surface area contributed by atoms with Gasteiger partial charge < -0.3 is 9.32 Å². The summed E-state index contributed by atoms with van der Waals surface area (Å²) < 4.78 is 5.21. The highest BCUT2D eigenvalue weighted by Crippen LogP contribution is 2.23. The fraction of sp³-hybridized carbons (Fsp3) is 0.615. The van der Waals surface area contributed by atoms with Gasteiger partial charge in [0.2, 0.25) is 0 Å². The Morgan fingerprint density at radius 2 is 2.29 bits per heavy atom. The third-order valence-electron chi connectivity index (χ3n) is 3.96. The molecule has 1 aromatic heterocycles. The molecule has 1 amide bonds. The van der Waals surface area contributed by atoms with Crippen molar-refractivity contribution in [3.05, 3.63) is 23.7 Å². The molecule has 0 aliphatic carbocycles. The highest BCUT2D eigenvalue weighted by molar-refractivity contribution is 5.95. The Bertz CT molecular complexity index is 427. The van der Waals surface area contributed by atoms with Crippen LogP contribution in [0.5, 0.6) is 0 Å². The maximum absolute atomic E-state index is 12.3. The fourth-order valence-corrected chi connectivity index (χ4v) is 2.95. The lowest BCUT2D eigenvalue weighted by atomic mass is 10.1. The number of carbonyl (C=O) groups excluding carboxylic acids is 1. The number of hydrogen-bond donors (Lipinski definition) is 0. The first-order chi connectivity index (χ1) is 8.25. The topological polar surface area (TPSA) is 36.7 Å². The van der Waals surface area contributed by atoms with Crippen LogP contribution in [0.25, 0.3) is 0 Å². The van der Waals surface area contributed by atoms with E-state index in [0.717, 1.165) is 31.0 Å². The number of hydrogen-bond acceptors (Lipinski definition) is 3. The maximum atomic E-state index is 12.3. The van der Waals surface area contributed by atoms with Crippen molar-refractivity contribution < 1.29 is 9.21 Å². The number of aryl methyl sites for hydroxylation is 1. The SMILES string of the molecule is Cc1occc1C(=O)N1CCN2CCC[C@H]2C1. The molecule has 4 heteroatoms. The summed E-state index contributed by atoms with van der Waals surface area (Å²) in [6.07, 6.45) is 4.10. The zero-order valence-corrected chi connectivity index (χ0v) is 10.2. The van der Waals surface area contributed by atoms with Crippen molar-refractivity contribution >= 4 is 5.91 Å². The van der Waals surface area contributed by atoms with Crippen LogP contribution in [0.2, 0.25) is 0 Å². The van der Waals surface area contributed by atoms with Crippen molar-refractivity contribution in [1.29, 1.82) is 0 Å². The molecular weight excluding hydrogens is 216 g/mol. The summed E-state index contributed by atoms with van der Waals surface area (Å²) in [4.78, 5) is 16.8. The van der Waals surface area contributed by atoms with Crippen LogP contribution >= 0.6 is 0 Å². The molecule has 4 nitrogen and oxygen atoms in total. The maximum Gasteiger partial charge on any atom is 0.257 e. The van der Waals surface area contributed by atoms with Crippen LogP contribution in [-0.2, 0) is 0 Å². The molecule has 0 N–H and O–H groups in total. The average Bonchev–Trinajstić information content (AvgIpc) is 2.95. The molecule has 0 aromatic carbocycles. The molecule has 3 heterocycles. The van der Waals surface area contributed by atoms with Gasteiger partial charge in [0.05, 0.1) is 11.8 Å². The zero-order chi connectivity index (χ0) is 11.8. The van der Waals surface area contributed by atoms with E-state index in [1.165, 1.54) is 19.4 Å². The van der Waals surface area contributed by atoms with Crippen LogP contribution in [0.4, 0.5) is 0 Å². The van der Waals surface area contributed by atoms with E-state index in [4.69, 9.17) is 4.42 Å². The second-order valence-electron chi connectivity index (χ2n) is 4.97. The van der Waals surface area contributed by atoms with E-state index in [-0.39, 0.29) is 5.91 Å². The van der Waals surface area contributed by atoms with Crippen molar-refractivity contribution in [2.45, 2.75) is 25.8 Å². The first-order valence-electron chi connectivity index (χ1n) is 6.33. The molecule has 2 aliphatic rings. The van der Waals surface area contributed by atoms with E-state index in [0.29, 0.717) is 6.04 Å². The lowest BCUT2D eigenvalue weighted by Gasteiger charge is -2.37. The lowest BCUT2D eigenvalue weighted by molar-refractivity contribution is 0.0569. The van der Waals surface area contributed by atoms with E-state index < -0.39 is 0 Å². The second kappa shape index (κ2) is 4.18. The summed E-state index contributed by atoms with van der Waals surface area (Å²) in [6.45, 7) is 5.80. The van der Waals surface area contributed by atoms with Gasteiger partial charge in [-0.1, -0.05) is 0 Å². The Morgan fingerprint density at radius 3 is 3.06 bits per heavy atom. The smallest absolute Gasteiger partial charge is 0.257 e. The number of fused-ring (bicyclic) bond motifs is 1. The summed E-state index contributed by atoms with van der Waals surface area (Å²) >= 11 is 0. The van der Waals surface area contributed by atoms with Gasteiger partial charge in [-0.15, -0.1) is 0 Å². The van der Waals surface area contributed by atoms with Gasteiger partial charge in [0, 0.05) is 25.7 Å². The van der Waals surface area contributed by atoms with Gasteiger partial charge in [0.15, 0.2) is 0 Å². The van der Waals surface area contributed by atoms with Crippen molar-refractivity contribution in [3.63, 3.8) is 0 Å². The minimum atomic E-state index is 0.128. The third-order valence-corrected chi connectivity index (χ3v) is 3.96. The fourth-order valence-electron chi connectivity index (χ4n) is 2.95. The molecule has 0 saturated carbocycles. The molecule has 1 aromatic rings. The molecule has 2 fully saturated rings. The first kappa shape index (κ1) is 10.8. The summed E-state index contributed by atoms with van der Waals surface area (Å²) in [5.74, 6) is 0.853. The Labute approximate surface area is 101 Å². The Morgan fingerprint density at radius 1 is 1.41 bits per heavy atom. The van der Waals surface area contributed by atoms with Crippen LogP contribution in [0.15, 0.2) is 16.7 Å². The molecule has 2 aliphatic heterocycles. The van der Waals surface area contributed by atoms with Crippen molar-refractivity contribution in [2.75, 3.05) is 26.2 Å². The zero-order valence-electron chi connectivity index (χ0n) is 10.2. The number of piperazine rings is 1. The van der Waals surface area contributed by atoms with Crippen LogP contribution in [-0.4, -0.2) is 47.9 Å². The Hall–Kier alpha value is -1.29. The van der Waals surface area contributed by atoms with Gasteiger partial charge >= 0.3 is 0 Å². The second-order valence-corrected chi connectivity index (χ2v) is 4.97. The molecule has 0 radical (unpaired) electrons. The van der Waals surface area contributed by atoms with Crippen LogP contribution in [0.3, 0.4) is 0 Å². The highest BCUT2D eigenvalue weighted by atomic mass is 16.3. The summed E-state index contributed by atoms with van der Waals surface area (Å²) in [5, 5.41) is 0. The normalized spacial score (nSPS) is 25.0. The number of carbonyl (C=O) groups is 1. The molecule has 1 atom stereocenters. The van der Waals surface area contributed by atoms with Crippen molar-refractivity contribution in [1.82, 2.24) is 9.80 Å². The molecule has 0 spiro atoms. The first-order valence-corrected chi connectivity index (χ1v) is 6.33. The van der Waals surface area contributed by atoms with Gasteiger partial charge in [-0.2, -0.15) is 0 Å². The van der Waals surface area contributed by atoms with Gasteiger partial charge in [0.25, 0.3) is 5.91 Å². The standard InChI is InChI=1S/C13H18N2O2/c1-10-12(4-8-17-10)13(16)15-7-6-14-5-2-3-11(14)9-15/h4,8,11H,2-3,5-7,9H2,1H3/t11-/m0/s1. The molecule has 17 heavy (non-hydrogen) atoms. The van der Waals surface area contributed by atoms with Gasteiger partial charge in [0.1, 0.15) is 5.76 Å². The molecule has 0 unspecified atom stereocenters. The van der Waals surface area contributed by atoms with Gasteiger partial charge in [-0.25, -0.2) is 0 Å². The number of nitrogens with zero attached hydrogens (tertiary/aromatic N) is 2. The molecule has 92 valence electrons. The number of rotatable bonds is 1. The predicted octanol–water partition coefficient (Wildman–Crippen LogP) is 1.51. The van der Waals surface area contributed by atoms with Crippen LogP contribution < -0.4 is 0 Å². The summed E-state index contributed by atoms with van der Waals surface area (Å²) in [7, 11) is 0. The molecule has 3 rings (SSSR count). The van der Waals surface area contributed by atoms with Crippen molar-refractivity contribution in [2.24, 2.45) is 0 Å². The Kier molecular flexibility index (Phi) is 2.67. The van der Waals surface area contributed by atoms with E-state index in [1.54, 1.807) is 12.3 Å². The lowest BCUT2D eigenvalue weighted by Crippen LogP contribution is -2.52. The largest absolute Gasteiger partial charge is 0.469 e. The van der Waals surface area contributed by atoms with Crippen molar-refractivity contribution in [3.8, 4) is 0 Å². The molecular formula is C13H18N2O2. The van der Waals surface area contributed by atoms with Crippen LogP contribution in [0.1, 0.15) is 29.0 Å². The van der Waals surface area contributed by atoms with E-state index in [9.17, 15) is 4.79 Å². The molecule has 2 saturated heterocycles. The summed E-state index contributed by atoms with van der Waals surface area (Å²) in [6, 6.07) is 2.36. The van der Waals surface area contributed by atoms with E-state index in [1.807, 2.05) is 11.8 Å². The highest BCUT2D eigenvalue weighted by Gasteiger charge is 2.33. The van der Waals surface area contributed by atoms with E-state index in [2.05, 4.69) is 4.90 Å². The molecule has 0 bridgehead atoms. The minimum Gasteiger partial charge on any atom is -0.469 e. The van der Waals surface area contributed by atoms with Gasteiger partial charge in [-0.05, 0) is 32.4 Å². The van der Waals surface area contributed by atoms with E-state index >= 15 is 0 Å². The number of amides is 1. The average molecular weight is 234 g/mol. The quantitative estimate of drug-likeness (QED) is 0.739. The minimum absolute atomic E-state index is 0.128.